The van der Waals surface area contributed by atoms with Crippen LogP contribution in [0.2, 0.25) is 0 Å². The van der Waals surface area contributed by atoms with Gasteiger partial charge in [0, 0.05) is 13.2 Å². The fourth-order valence-electron chi connectivity index (χ4n) is 1.66. The molecule has 15 heavy (non-hydrogen) atoms. The maximum atomic E-state index is 10.5. The SMILES string of the molecule is O=C(O)CN(CC(=O)O)CC1CCOC1. The van der Waals surface area contributed by atoms with Crippen molar-refractivity contribution >= 4 is 11.9 Å². The van der Waals surface area contributed by atoms with Crippen molar-refractivity contribution in [2.75, 3.05) is 32.8 Å². The van der Waals surface area contributed by atoms with Gasteiger partial charge >= 0.3 is 11.9 Å². The monoisotopic (exact) mass is 217 g/mol. The number of rotatable bonds is 6. The number of hydrogen-bond acceptors (Lipinski definition) is 4. The predicted octanol–water partition coefficient (Wildman–Crippen LogP) is -0.506. The number of carboxylic acid groups (broad SMARTS) is 2. The van der Waals surface area contributed by atoms with Gasteiger partial charge in [-0.3, -0.25) is 14.5 Å². The van der Waals surface area contributed by atoms with Crippen molar-refractivity contribution in [3.8, 4) is 0 Å². The minimum Gasteiger partial charge on any atom is -0.480 e. The minimum absolute atomic E-state index is 0.233. The number of aliphatic carboxylic acids is 2. The molecule has 0 amide bonds. The van der Waals surface area contributed by atoms with E-state index in [1.165, 1.54) is 4.90 Å². The van der Waals surface area contributed by atoms with Crippen molar-refractivity contribution in [3.05, 3.63) is 0 Å². The highest BCUT2D eigenvalue weighted by molar-refractivity contribution is 5.72. The van der Waals surface area contributed by atoms with E-state index in [0.717, 1.165) is 6.42 Å². The quantitative estimate of drug-likeness (QED) is 0.623. The summed E-state index contributed by atoms with van der Waals surface area (Å²) in [5, 5.41) is 17.2. The van der Waals surface area contributed by atoms with Gasteiger partial charge in [-0.2, -0.15) is 0 Å². The van der Waals surface area contributed by atoms with Gasteiger partial charge in [0.1, 0.15) is 0 Å². The Morgan fingerprint density at radius 1 is 1.27 bits per heavy atom. The van der Waals surface area contributed by atoms with Crippen molar-refractivity contribution in [2.45, 2.75) is 6.42 Å². The van der Waals surface area contributed by atoms with Crippen LogP contribution < -0.4 is 0 Å². The van der Waals surface area contributed by atoms with Crippen LogP contribution in [0.3, 0.4) is 0 Å². The smallest absolute Gasteiger partial charge is 0.317 e. The van der Waals surface area contributed by atoms with Gasteiger partial charge in [0.15, 0.2) is 0 Å². The number of carboxylic acids is 2. The molecule has 6 heteroatoms. The summed E-state index contributed by atoms with van der Waals surface area (Å²) < 4.78 is 5.15. The lowest BCUT2D eigenvalue weighted by Crippen LogP contribution is -2.38. The zero-order chi connectivity index (χ0) is 11.3. The van der Waals surface area contributed by atoms with E-state index in [1.54, 1.807) is 0 Å². The summed E-state index contributed by atoms with van der Waals surface area (Å²) in [6.45, 7) is 1.28. The van der Waals surface area contributed by atoms with Crippen LogP contribution in [0.1, 0.15) is 6.42 Å². The van der Waals surface area contributed by atoms with E-state index in [9.17, 15) is 9.59 Å². The van der Waals surface area contributed by atoms with Crippen molar-refractivity contribution in [2.24, 2.45) is 5.92 Å². The maximum absolute atomic E-state index is 10.5. The Hall–Kier alpha value is -1.14. The lowest BCUT2D eigenvalue weighted by Gasteiger charge is -2.20. The van der Waals surface area contributed by atoms with Crippen LogP contribution in [0, 0.1) is 5.92 Å². The first-order valence-electron chi connectivity index (χ1n) is 4.81. The van der Waals surface area contributed by atoms with E-state index in [-0.39, 0.29) is 19.0 Å². The standard InChI is InChI=1S/C9H15NO5/c11-8(12)4-10(5-9(13)14)3-7-1-2-15-6-7/h7H,1-6H2,(H,11,12)(H,13,14). The van der Waals surface area contributed by atoms with E-state index in [0.29, 0.717) is 19.8 Å². The Morgan fingerprint density at radius 2 is 1.87 bits per heavy atom. The number of carbonyl (C=O) groups is 2. The van der Waals surface area contributed by atoms with Crippen LogP contribution in [0.5, 0.6) is 0 Å². The first-order chi connectivity index (χ1) is 7.08. The molecule has 0 aromatic heterocycles. The third-order valence-corrected chi connectivity index (χ3v) is 2.26. The fraction of sp³-hybridized carbons (Fsp3) is 0.778. The summed E-state index contributed by atoms with van der Waals surface area (Å²) >= 11 is 0. The van der Waals surface area contributed by atoms with Gasteiger partial charge < -0.3 is 14.9 Å². The molecule has 0 radical (unpaired) electrons. The fourth-order valence-corrected chi connectivity index (χ4v) is 1.66. The Balaban J connectivity index is 2.39. The second kappa shape index (κ2) is 5.67. The van der Waals surface area contributed by atoms with Gasteiger partial charge in [0.2, 0.25) is 0 Å². The molecule has 0 bridgehead atoms. The molecule has 2 N–H and O–H groups in total. The lowest BCUT2D eigenvalue weighted by atomic mass is 10.1. The van der Waals surface area contributed by atoms with Gasteiger partial charge in [-0.25, -0.2) is 0 Å². The van der Waals surface area contributed by atoms with Gasteiger partial charge in [0.25, 0.3) is 0 Å². The molecular formula is C9H15NO5. The summed E-state index contributed by atoms with van der Waals surface area (Å²) in [4.78, 5) is 22.4. The highest BCUT2D eigenvalue weighted by Crippen LogP contribution is 2.13. The summed E-state index contributed by atoms with van der Waals surface area (Å²) in [6, 6.07) is 0. The van der Waals surface area contributed by atoms with E-state index in [1.807, 2.05) is 0 Å². The third-order valence-electron chi connectivity index (χ3n) is 2.26. The van der Waals surface area contributed by atoms with Crippen LogP contribution in [0.25, 0.3) is 0 Å². The van der Waals surface area contributed by atoms with Crippen molar-refractivity contribution in [3.63, 3.8) is 0 Å². The van der Waals surface area contributed by atoms with Gasteiger partial charge in [0.05, 0.1) is 19.7 Å². The van der Waals surface area contributed by atoms with E-state index in [4.69, 9.17) is 14.9 Å². The zero-order valence-electron chi connectivity index (χ0n) is 8.39. The van der Waals surface area contributed by atoms with Crippen molar-refractivity contribution < 1.29 is 24.5 Å². The largest absolute Gasteiger partial charge is 0.480 e. The number of hydrogen-bond donors (Lipinski definition) is 2. The summed E-state index contributed by atoms with van der Waals surface area (Å²) in [5.41, 5.74) is 0. The topological polar surface area (TPSA) is 87.1 Å². The Bertz CT molecular complexity index is 221. The van der Waals surface area contributed by atoms with Gasteiger partial charge in [-0.15, -0.1) is 0 Å². The molecule has 6 nitrogen and oxygen atoms in total. The Kier molecular flexibility index (Phi) is 4.51. The highest BCUT2D eigenvalue weighted by atomic mass is 16.5. The summed E-state index contributed by atoms with van der Waals surface area (Å²) in [6.07, 6.45) is 0.871. The molecule has 1 saturated heterocycles. The predicted molar refractivity (Wildman–Crippen MR) is 50.6 cm³/mol. The molecule has 0 saturated carbocycles. The molecule has 0 aromatic carbocycles. The molecule has 1 unspecified atom stereocenters. The molecular weight excluding hydrogens is 202 g/mol. The minimum atomic E-state index is -1.00. The molecule has 0 spiro atoms. The van der Waals surface area contributed by atoms with Crippen LogP contribution >= 0.6 is 0 Å². The first kappa shape index (κ1) is 11.9. The molecule has 1 aliphatic heterocycles. The lowest BCUT2D eigenvalue weighted by molar-refractivity contribution is -0.142. The van der Waals surface area contributed by atoms with Crippen LogP contribution in [-0.4, -0.2) is 59.9 Å². The molecule has 1 aliphatic rings. The van der Waals surface area contributed by atoms with E-state index in [2.05, 4.69) is 0 Å². The highest BCUT2D eigenvalue weighted by Gasteiger charge is 2.21. The second-order valence-corrected chi connectivity index (χ2v) is 3.69. The Labute approximate surface area is 87.4 Å². The van der Waals surface area contributed by atoms with Crippen LogP contribution in [-0.2, 0) is 14.3 Å². The van der Waals surface area contributed by atoms with E-state index < -0.39 is 11.9 Å². The summed E-state index contributed by atoms with van der Waals surface area (Å²) in [7, 11) is 0. The molecule has 1 atom stereocenters. The molecule has 0 aromatic rings. The van der Waals surface area contributed by atoms with Crippen LogP contribution in [0.4, 0.5) is 0 Å². The Morgan fingerprint density at radius 3 is 2.27 bits per heavy atom. The molecule has 1 fully saturated rings. The molecule has 86 valence electrons. The van der Waals surface area contributed by atoms with Gasteiger partial charge in [-0.1, -0.05) is 0 Å². The van der Waals surface area contributed by atoms with Gasteiger partial charge in [-0.05, 0) is 12.3 Å². The third kappa shape index (κ3) is 4.75. The number of ether oxygens (including phenoxy) is 1. The van der Waals surface area contributed by atoms with E-state index >= 15 is 0 Å². The second-order valence-electron chi connectivity index (χ2n) is 3.69. The van der Waals surface area contributed by atoms with Crippen molar-refractivity contribution in [1.29, 1.82) is 0 Å². The normalized spacial score (nSPS) is 20.7. The average Bonchev–Trinajstić information content (AvgIpc) is 2.53. The first-order valence-corrected chi connectivity index (χ1v) is 4.81. The molecule has 1 rings (SSSR count). The zero-order valence-corrected chi connectivity index (χ0v) is 8.39. The average molecular weight is 217 g/mol. The molecule has 0 aliphatic carbocycles. The maximum Gasteiger partial charge on any atom is 0.317 e. The molecule has 1 heterocycles. The summed E-state index contributed by atoms with van der Waals surface area (Å²) in [5.74, 6) is -1.76. The van der Waals surface area contributed by atoms with Crippen LogP contribution in [0.15, 0.2) is 0 Å². The number of nitrogens with zero attached hydrogens (tertiary/aromatic N) is 1. The van der Waals surface area contributed by atoms with Crippen molar-refractivity contribution in [1.82, 2.24) is 4.90 Å².